The first-order chi connectivity index (χ1) is 13.4. The van der Waals surface area contributed by atoms with Crippen molar-refractivity contribution in [3.05, 3.63) is 52.6 Å². The lowest BCUT2D eigenvalue weighted by Crippen LogP contribution is -2.48. The van der Waals surface area contributed by atoms with Crippen LogP contribution in [0.3, 0.4) is 0 Å². The molecule has 0 radical (unpaired) electrons. The van der Waals surface area contributed by atoms with Crippen LogP contribution in [0.25, 0.3) is 0 Å². The summed E-state index contributed by atoms with van der Waals surface area (Å²) >= 11 is 0. The lowest BCUT2D eigenvalue weighted by molar-refractivity contribution is 0.0942. The van der Waals surface area contributed by atoms with E-state index in [4.69, 9.17) is 0 Å². The quantitative estimate of drug-likeness (QED) is 0.749. The van der Waals surface area contributed by atoms with Gasteiger partial charge < -0.3 is 15.2 Å². The highest BCUT2D eigenvalue weighted by Gasteiger charge is 2.21. The molecule has 2 heterocycles. The first-order valence-corrected chi connectivity index (χ1v) is 9.58. The third kappa shape index (κ3) is 4.25. The molecular weight excluding hydrogens is 359 g/mol. The van der Waals surface area contributed by atoms with Crippen molar-refractivity contribution >= 4 is 17.4 Å². The number of ketones is 1. The van der Waals surface area contributed by atoms with Gasteiger partial charge in [-0.3, -0.25) is 14.5 Å². The fraction of sp³-hybridized carbons (Fsp3) is 0.429. The average Bonchev–Trinajstić information content (AvgIpc) is 2.97. The first kappa shape index (κ1) is 20.1. The molecule has 0 atom stereocenters. The van der Waals surface area contributed by atoms with Crippen molar-refractivity contribution in [1.82, 2.24) is 15.2 Å². The molecule has 0 bridgehead atoms. The Morgan fingerprint density at radius 1 is 1.14 bits per heavy atom. The zero-order chi connectivity index (χ0) is 20.3. The summed E-state index contributed by atoms with van der Waals surface area (Å²) in [5.41, 5.74) is 3.11. The van der Waals surface area contributed by atoms with Gasteiger partial charge in [-0.1, -0.05) is 12.1 Å². The van der Waals surface area contributed by atoms with Crippen molar-refractivity contribution in [3.63, 3.8) is 0 Å². The molecule has 3 rings (SSSR count). The minimum absolute atomic E-state index is 0.0435. The summed E-state index contributed by atoms with van der Waals surface area (Å²) in [6.45, 7) is 9.50. The number of hydrogen-bond acceptors (Lipinski definition) is 4. The van der Waals surface area contributed by atoms with E-state index in [0.717, 1.165) is 38.4 Å². The maximum Gasteiger partial charge on any atom is 0.268 e. The molecule has 1 aromatic heterocycles. The number of halogens is 1. The molecule has 1 amide bonds. The predicted octanol–water partition coefficient (Wildman–Crippen LogP) is 2.53. The SMILES string of the molecule is CC(=O)c1c(C)[nH]c(C(=O)NCCN2CCN(c3ccccc3F)CC2)c1C. The Morgan fingerprint density at radius 2 is 1.82 bits per heavy atom. The molecule has 1 aromatic carbocycles. The number of para-hydroxylation sites is 1. The topological polar surface area (TPSA) is 68.4 Å². The van der Waals surface area contributed by atoms with Gasteiger partial charge in [-0.2, -0.15) is 0 Å². The van der Waals surface area contributed by atoms with Crippen molar-refractivity contribution in [2.75, 3.05) is 44.2 Å². The van der Waals surface area contributed by atoms with Crippen LogP contribution in [0.5, 0.6) is 0 Å². The second-order valence-corrected chi connectivity index (χ2v) is 7.22. The number of piperazine rings is 1. The molecule has 0 spiro atoms. The summed E-state index contributed by atoms with van der Waals surface area (Å²) in [7, 11) is 0. The van der Waals surface area contributed by atoms with Crippen LogP contribution in [0, 0.1) is 19.7 Å². The number of benzene rings is 1. The Morgan fingerprint density at radius 3 is 2.43 bits per heavy atom. The van der Waals surface area contributed by atoms with Crippen LogP contribution in [-0.4, -0.2) is 60.8 Å². The monoisotopic (exact) mass is 386 g/mol. The van der Waals surface area contributed by atoms with Crippen molar-refractivity contribution in [2.45, 2.75) is 20.8 Å². The number of anilines is 1. The number of nitrogens with one attached hydrogen (secondary N) is 2. The molecule has 1 saturated heterocycles. The van der Waals surface area contributed by atoms with E-state index in [1.54, 1.807) is 26.0 Å². The zero-order valence-corrected chi connectivity index (χ0v) is 16.6. The summed E-state index contributed by atoms with van der Waals surface area (Å²) < 4.78 is 13.9. The number of Topliss-reactive ketones (excluding diaryl/α,β-unsaturated/α-hetero) is 1. The van der Waals surface area contributed by atoms with Crippen LogP contribution in [0.2, 0.25) is 0 Å². The fourth-order valence-corrected chi connectivity index (χ4v) is 3.84. The maximum atomic E-state index is 13.9. The van der Waals surface area contributed by atoms with Gasteiger partial charge in [0.15, 0.2) is 5.78 Å². The van der Waals surface area contributed by atoms with Gasteiger partial charge in [0.2, 0.25) is 0 Å². The van der Waals surface area contributed by atoms with E-state index in [-0.39, 0.29) is 17.5 Å². The van der Waals surface area contributed by atoms with Gasteiger partial charge in [0.25, 0.3) is 5.91 Å². The summed E-state index contributed by atoms with van der Waals surface area (Å²) in [4.78, 5) is 31.5. The Hall–Kier alpha value is -2.67. The first-order valence-electron chi connectivity index (χ1n) is 9.58. The van der Waals surface area contributed by atoms with E-state index >= 15 is 0 Å². The second kappa shape index (κ2) is 8.56. The number of aromatic nitrogens is 1. The Labute approximate surface area is 164 Å². The van der Waals surface area contributed by atoms with Gasteiger partial charge in [-0.25, -0.2) is 4.39 Å². The average molecular weight is 386 g/mol. The van der Waals surface area contributed by atoms with E-state index in [0.29, 0.717) is 29.1 Å². The third-order valence-electron chi connectivity index (χ3n) is 5.30. The molecule has 0 saturated carbocycles. The predicted molar refractivity (Wildman–Crippen MR) is 108 cm³/mol. The molecule has 1 aliphatic heterocycles. The molecule has 2 N–H and O–H groups in total. The summed E-state index contributed by atoms with van der Waals surface area (Å²) in [6, 6.07) is 6.84. The van der Waals surface area contributed by atoms with Crippen LogP contribution in [0.4, 0.5) is 10.1 Å². The van der Waals surface area contributed by atoms with Crippen molar-refractivity contribution in [1.29, 1.82) is 0 Å². The minimum atomic E-state index is -0.196. The number of H-pyrrole nitrogens is 1. The highest BCUT2D eigenvalue weighted by atomic mass is 19.1. The normalized spacial score (nSPS) is 14.9. The van der Waals surface area contributed by atoms with Crippen LogP contribution in [0.1, 0.15) is 39.0 Å². The molecule has 7 heteroatoms. The van der Waals surface area contributed by atoms with Crippen molar-refractivity contribution in [2.24, 2.45) is 0 Å². The van der Waals surface area contributed by atoms with Gasteiger partial charge in [-0.15, -0.1) is 0 Å². The smallest absolute Gasteiger partial charge is 0.268 e. The third-order valence-corrected chi connectivity index (χ3v) is 5.30. The van der Waals surface area contributed by atoms with Gasteiger partial charge in [0, 0.05) is 50.5 Å². The highest BCUT2D eigenvalue weighted by Crippen LogP contribution is 2.20. The van der Waals surface area contributed by atoms with Crippen LogP contribution in [-0.2, 0) is 0 Å². The molecule has 1 aliphatic rings. The number of aryl methyl sites for hydroxylation is 1. The summed E-state index contributed by atoms with van der Waals surface area (Å²) in [5.74, 6) is -0.430. The Balaban J connectivity index is 1.48. The largest absolute Gasteiger partial charge is 0.367 e. The zero-order valence-electron chi connectivity index (χ0n) is 16.6. The van der Waals surface area contributed by atoms with E-state index in [2.05, 4.69) is 20.1 Å². The molecular formula is C21H27FN4O2. The van der Waals surface area contributed by atoms with E-state index < -0.39 is 0 Å². The van der Waals surface area contributed by atoms with Gasteiger partial charge >= 0.3 is 0 Å². The van der Waals surface area contributed by atoms with Crippen LogP contribution < -0.4 is 10.2 Å². The number of rotatable bonds is 6. The number of carbonyl (C=O) groups is 2. The van der Waals surface area contributed by atoms with Gasteiger partial charge in [0.05, 0.1) is 5.69 Å². The van der Waals surface area contributed by atoms with Gasteiger partial charge in [0.1, 0.15) is 11.5 Å². The summed E-state index contributed by atoms with van der Waals surface area (Å²) in [5, 5.41) is 2.92. The van der Waals surface area contributed by atoms with E-state index in [9.17, 15) is 14.0 Å². The highest BCUT2D eigenvalue weighted by molar-refractivity contribution is 6.02. The van der Waals surface area contributed by atoms with Crippen LogP contribution in [0.15, 0.2) is 24.3 Å². The number of carbonyl (C=O) groups excluding carboxylic acids is 2. The Kier molecular flexibility index (Phi) is 6.14. The molecule has 0 aliphatic carbocycles. The second-order valence-electron chi connectivity index (χ2n) is 7.22. The fourth-order valence-electron chi connectivity index (χ4n) is 3.84. The number of nitrogens with zero attached hydrogens (tertiary/aromatic N) is 2. The molecule has 150 valence electrons. The molecule has 1 fully saturated rings. The summed E-state index contributed by atoms with van der Waals surface area (Å²) in [6.07, 6.45) is 0. The number of aromatic amines is 1. The lowest BCUT2D eigenvalue weighted by Gasteiger charge is -2.36. The van der Waals surface area contributed by atoms with E-state index in [1.165, 1.54) is 13.0 Å². The van der Waals surface area contributed by atoms with Crippen molar-refractivity contribution in [3.8, 4) is 0 Å². The lowest BCUT2D eigenvalue weighted by atomic mass is 10.1. The maximum absolute atomic E-state index is 13.9. The molecule has 2 aromatic rings. The number of amides is 1. The van der Waals surface area contributed by atoms with Crippen molar-refractivity contribution < 1.29 is 14.0 Å². The standard InChI is InChI=1S/C21H27FN4O2/c1-14-19(16(3)27)15(2)24-20(14)21(28)23-8-9-25-10-12-26(13-11-25)18-7-5-4-6-17(18)22/h4-7,24H,8-13H2,1-3H3,(H,23,28). The Bertz CT molecular complexity index is 869. The minimum Gasteiger partial charge on any atom is -0.367 e. The van der Waals surface area contributed by atoms with E-state index in [1.807, 2.05) is 6.07 Å². The van der Waals surface area contributed by atoms with Crippen LogP contribution >= 0.6 is 0 Å². The molecule has 28 heavy (non-hydrogen) atoms. The molecule has 0 unspecified atom stereocenters. The number of hydrogen-bond donors (Lipinski definition) is 2. The molecule has 6 nitrogen and oxygen atoms in total. The van der Waals surface area contributed by atoms with Gasteiger partial charge in [-0.05, 0) is 38.5 Å².